The Balaban J connectivity index is 3.45. The first kappa shape index (κ1) is 15.3. The molecule has 1 aromatic rings. The van der Waals surface area contributed by atoms with Crippen molar-refractivity contribution in [1.82, 2.24) is 0 Å². The number of rotatable bonds is 4. The first-order valence-electron chi connectivity index (χ1n) is 5.83. The van der Waals surface area contributed by atoms with Gasteiger partial charge in [-0.05, 0) is 38.5 Å². The van der Waals surface area contributed by atoms with Crippen molar-refractivity contribution < 1.29 is 14.3 Å². The van der Waals surface area contributed by atoms with Crippen molar-refractivity contribution in [2.45, 2.75) is 26.2 Å². The molecule has 0 aliphatic carbocycles. The molecule has 0 fully saturated rings. The van der Waals surface area contributed by atoms with Gasteiger partial charge >= 0.3 is 5.97 Å². The van der Waals surface area contributed by atoms with E-state index >= 15 is 0 Å². The monoisotopic (exact) mass is 281 g/mol. The fourth-order valence-corrected chi connectivity index (χ4v) is 2.04. The third-order valence-corrected chi connectivity index (χ3v) is 3.04. The lowest BCUT2D eigenvalue weighted by molar-refractivity contribution is 0.0596. The summed E-state index contributed by atoms with van der Waals surface area (Å²) in [6.45, 7) is 5.71. The maximum atomic E-state index is 11.7. The lowest BCUT2D eigenvalue weighted by Gasteiger charge is -2.20. The number of esters is 1. The lowest BCUT2D eigenvalue weighted by Crippen LogP contribution is -2.16. The molecule has 0 N–H and O–H groups in total. The summed E-state index contributed by atoms with van der Waals surface area (Å²) in [5.41, 5.74) is 0.108. The molecule has 0 amide bonds. The Morgan fingerprint density at radius 2 is 2.11 bits per heavy atom. The number of nitrogens with zero attached hydrogens (tertiary/aromatic N) is 1. The van der Waals surface area contributed by atoms with Gasteiger partial charge in [-0.1, -0.05) is 11.6 Å². The van der Waals surface area contributed by atoms with Crippen molar-refractivity contribution in [3.63, 3.8) is 0 Å². The molecule has 0 unspecified atom stereocenters. The minimum absolute atomic E-state index is 0.256. The van der Waals surface area contributed by atoms with E-state index in [0.29, 0.717) is 22.9 Å². The fourth-order valence-electron chi connectivity index (χ4n) is 1.64. The van der Waals surface area contributed by atoms with Crippen molar-refractivity contribution in [2.75, 3.05) is 13.7 Å². The predicted molar refractivity (Wildman–Crippen MR) is 72.6 cm³/mol. The second-order valence-corrected chi connectivity index (χ2v) is 4.90. The molecule has 0 saturated carbocycles. The normalized spacial score (nSPS) is 10.7. The molecule has 4 nitrogen and oxygen atoms in total. The molecule has 0 atom stereocenters. The number of carbonyl (C=O) groups is 1. The molecule has 0 aliphatic heterocycles. The number of ether oxygens (including phenoxy) is 2. The number of carbonyl (C=O) groups excluding carboxylic acids is 1. The van der Waals surface area contributed by atoms with Crippen LogP contribution in [0, 0.1) is 11.3 Å². The van der Waals surface area contributed by atoms with E-state index in [2.05, 4.69) is 10.8 Å². The van der Waals surface area contributed by atoms with E-state index in [1.807, 2.05) is 6.92 Å². The molecule has 5 heteroatoms. The van der Waals surface area contributed by atoms with Crippen LogP contribution in [-0.4, -0.2) is 19.7 Å². The van der Waals surface area contributed by atoms with Crippen LogP contribution >= 0.6 is 11.6 Å². The van der Waals surface area contributed by atoms with Gasteiger partial charge in [0.1, 0.15) is 11.3 Å². The molecule has 0 spiro atoms. The van der Waals surface area contributed by atoms with Crippen molar-refractivity contribution in [1.29, 1.82) is 5.26 Å². The van der Waals surface area contributed by atoms with Gasteiger partial charge in [0.25, 0.3) is 0 Å². The molecular formula is C14H16ClNO3. The summed E-state index contributed by atoms with van der Waals surface area (Å²) in [5.74, 6) is -0.149. The number of nitriles is 1. The molecule has 0 heterocycles. The standard InChI is InChI=1S/C14H16ClNO3/c1-5-19-12-7-10(14(2,3)8-16)11(15)6-9(12)13(17)18-4/h6-7H,5H2,1-4H3. The molecule has 0 radical (unpaired) electrons. The average molecular weight is 282 g/mol. The van der Waals surface area contributed by atoms with Crippen LogP contribution in [0.2, 0.25) is 5.02 Å². The third kappa shape index (κ3) is 3.18. The summed E-state index contributed by atoms with van der Waals surface area (Å²) in [5, 5.41) is 9.52. The Kier molecular flexibility index (Phi) is 4.79. The number of halogens is 1. The quantitative estimate of drug-likeness (QED) is 0.794. The van der Waals surface area contributed by atoms with Crippen LogP contribution in [-0.2, 0) is 10.2 Å². The van der Waals surface area contributed by atoms with E-state index in [4.69, 9.17) is 16.3 Å². The zero-order valence-corrected chi connectivity index (χ0v) is 12.2. The van der Waals surface area contributed by atoms with Crippen LogP contribution in [0.15, 0.2) is 12.1 Å². The molecule has 0 aliphatic rings. The molecule has 0 aromatic heterocycles. The minimum atomic E-state index is -0.766. The summed E-state index contributed by atoms with van der Waals surface area (Å²) in [7, 11) is 1.29. The average Bonchev–Trinajstić information content (AvgIpc) is 2.39. The maximum absolute atomic E-state index is 11.7. The Morgan fingerprint density at radius 3 is 2.58 bits per heavy atom. The van der Waals surface area contributed by atoms with Gasteiger partial charge in [-0.2, -0.15) is 5.26 Å². The van der Waals surface area contributed by atoms with Gasteiger partial charge in [0, 0.05) is 5.02 Å². The number of hydrogen-bond acceptors (Lipinski definition) is 4. The summed E-state index contributed by atoms with van der Waals surface area (Å²) in [4.78, 5) is 11.7. The summed E-state index contributed by atoms with van der Waals surface area (Å²) in [6, 6.07) is 5.28. The number of methoxy groups -OCH3 is 1. The second kappa shape index (κ2) is 5.94. The van der Waals surface area contributed by atoms with Gasteiger partial charge in [0.15, 0.2) is 0 Å². The summed E-state index contributed by atoms with van der Waals surface area (Å²) in [6.07, 6.45) is 0. The molecule has 1 rings (SSSR count). The van der Waals surface area contributed by atoms with Gasteiger partial charge in [-0.15, -0.1) is 0 Å². The van der Waals surface area contributed by atoms with Crippen LogP contribution in [0.4, 0.5) is 0 Å². The highest BCUT2D eigenvalue weighted by atomic mass is 35.5. The van der Waals surface area contributed by atoms with Gasteiger partial charge in [0.2, 0.25) is 0 Å². The van der Waals surface area contributed by atoms with Gasteiger partial charge in [0.05, 0.1) is 25.2 Å². The highest BCUT2D eigenvalue weighted by molar-refractivity contribution is 6.32. The van der Waals surface area contributed by atoms with Crippen molar-refractivity contribution >= 4 is 17.6 Å². The lowest BCUT2D eigenvalue weighted by atomic mass is 9.85. The fraction of sp³-hybridized carbons (Fsp3) is 0.429. The Labute approximate surface area is 117 Å². The first-order valence-corrected chi connectivity index (χ1v) is 6.21. The smallest absolute Gasteiger partial charge is 0.341 e. The van der Waals surface area contributed by atoms with Crippen molar-refractivity contribution in [3.8, 4) is 11.8 Å². The molecule has 102 valence electrons. The molecular weight excluding hydrogens is 266 g/mol. The van der Waals surface area contributed by atoms with Gasteiger partial charge in [-0.25, -0.2) is 4.79 Å². The van der Waals surface area contributed by atoms with Gasteiger partial charge < -0.3 is 9.47 Å². The summed E-state index contributed by atoms with van der Waals surface area (Å²) < 4.78 is 10.1. The Bertz CT molecular complexity index is 532. The number of hydrogen-bond donors (Lipinski definition) is 0. The molecule has 19 heavy (non-hydrogen) atoms. The van der Waals surface area contributed by atoms with Crippen LogP contribution in [0.1, 0.15) is 36.7 Å². The van der Waals surface area contributed by atoms with Crippen molar-refractivity contribution in [2.24, 2.45) is 0 Å². The van der Waals surface area contributed by atoms with E-state index < -0.39 is 11.4 Å². The number of benzene rings is 1. The van der Waals surface area contributed by atoms with Gasteiger partial charge in [-0.3, -0.25) is 0 Å². The highest BCUT2D eigenvalue weighted by Gasteiger charge is 2.26. The van der Waals surface area contributed by atoms with E-state index in [-0.39, 0.29) is 5.56 Å². The van der Waals surface area contributed by atoms with E-state index in [9.17, 15) is 10.1 Å². The first-order chi connectivity index (χ1) is 8.87. The Hall–Kier alpha value is -1.73. The van der Waals surface area contributed by atoms with Crippen molar-refractivity contribution in [3.05, 3.63) is 28.3 Å². The van der Waals surface area contributed by atoms with E-state index in [1.54, 1.807) is 19.9 Å². The largest absolute Gasteiger partial charge is 0.493 e. The summed E-state index contributed by atoms with van der Waals surface area (Å²) >= 11 is 6.15. The molecule has 0 bridgehead atoms. The zero-order valence-electron chi connectivity index (χ0n) is 11.4. The second-order valence-electron chi connectivity index (χ2n) is 4.49. The maximum Gasteiger partial charge on any atom is 0.341 e. The van der Waals surface area contributed by atoms with Crippen LogP contribution in [0.5, 0.6) is 5.75 Å². The topological polar surface area (TPSA) is 59.3 Å². The SMILES string of the molecule is CCOc1cc(C(C)(C)C#N)c(Cl)cc1C(=O)OC. The van der Waals surface area contributed by atoms with Crippen LogP contribution in [0.3, 0.4) is 0 Å². The molecule has 1 aromatic carbocycles. The minimum Gasteiger partial charge on any atom is -0.493 e. The van der Waals surface area contributed by atoms with E-state index in [0.717, 1.165) is 0 Å². The zero-order chi connectivity index (χ0) is 14.6. The predicted octanol–water partition coefficient (Wildman–Crippen LogP) is 3.33. The van der Waals surface area contributed by atoms with Crippen LogP contribution in [0.25, 0.3) is 0 Å². The third-order valence-electron chi connectivity index (χ3n) is 2.73. The van der Waals surface area contributed by atoms with Crippen LogP contribution < -0.4 is 4.74 Å². The van der Waals surface area contributed by atoms with E-state index in [1.165, 1.54) is 13.2 Å². The highest BCUT2D eigenvalue weighted by Crippen LogP contribution is 2.35. The molecule has 0 saturated heterocycles. The Morgan fingerprint density at radius 1 is 1.47 bits per heavy atom.